The van der Waals surface area contributed by atoms with Gasteiger partial charge < -0.3 is 5.73 Å². The van der Waals surface area contributed by atoms with Crippen LogP contribution in [0.4, 0.5) is 0 Å². The van der Waals surface area contributed by atoms with Gasteiger partial charge in [0, 0.05) is 10.9 Å². The minimum atomic E-state index is 0.277. The third-order valence-corrected chi connectivity index (χ3v) is 3.59. The van der Waals surface area contributed by atoms with Crippen LogP contribution >= 0.6 is 11.3 Å². The molecular weight excluding hydrogens is 214 g/mol. The Morgan fingerprint density at radius 2 is 1.88 bits per heavy atom. The Morgan fingerprint density at radius 3 is 2.56 bits per heavy atom. The highest BCUT2D eigenvalue weighted by molar-refractivity contribution is 7.09. The number of hydrogen-bond donors (Lipinski definition) is 1. The first-order valence-electron chi connectivity index (χ1n) is 5.66. The lowest BCUT2D eigenvalue weighted by molar-refractivity contribution is 0.615. The van der Waals surface area contributed by atoms with Crippen molar-refractivity contribution in [2.24, 2.45) is 5.73 Å². The summed E-state index contributed by atoms with van der Waals surface area (Å²) >= 11 is 1.79. The monoisotopic (exact) mass is 231 g/mol. The van der Waals surface area contributed by atoms with Crippen LogP contribution in [0.1, 0.15) is 16.9 Å². The fourth-order valence-electron chi connectivity index (χ4n) is 1.79. The number of hydrogen-bond acceptors (Lipinski definition) is 2. The van der Waals surface area contributed by atoms with E-state index in [0.29, 0.717) is 0 Å². The van der Waals surface area contributed by atoms with E-state index in [9.17, 15) is 0 Å². The molecule has 2 heteroatoms. The van der Waals surface area contributed by atoms with Crippen molar-refractivity contribution in [3.8, 4) is 0 Å². The SMILES string of the molecule is NC(CCc1ccccc1)Cc1cccs1. The zero-order valence-corrected chi connectivity index (χ0v) is 10.1. The maximum Gasteiger partial charge on any atom is 0.00903 e. The zero-order chi connectivity index (χ0) is 11.2. The summed E-state index contributed by atoms with van der Waals surface area (Å²) in [5, 5.41) is 2.11. The Balaban J connectivity index is 1.78. The first kappa shape index (κ1) is 11.4. The van der Waals surface area contributed by atoms with Gasteiger partial charge in [0.1, 0.15) is 0 Å². The van der Waals surface area contributed by atoms with Crippen LogP contribution in [0.2, 0.25) is 0 Å². The first-order chi connectivity index (χ1) is 7.84. The molecule has 0 spiro atoms. The summed E-state index contributed by atoms with van der Waals surface area (Å²) < 4.78 is 0. The van der Waals surface area contributed by atoms with Gasteiger partial charge in [-0.05, 0) is 36.3 Å². The summed E-state index contributed by atoms with van der Waals surface area (Å²) in [5.74, 6) is 0. The Labute approximate surface area is 101 Å². The fraction of sp³-hybridized carbons (Fsp3) is 0.286. The van der Waals surface area contributed by atoms with Crippen molar-refractivity contribution in [3.05, 3.63) is 58.3 Å². The van der Waals surface area contributed by atoms with Crippen LogP contribution in [-0.2, 0) is 12.8 Å². The minimum Gasteiger partial charge on any atom is -0.327 e. The summed E-state index contributed by atoms with van der Waals surface area (Å²) in [5.41, 5.74) is 7.50. The van der Waals surface area contributed by atoms with E-state index in [1.165, 1.54) is 10.4 Å². The molecular formula is C14H17NS. The summed E-state index contributed by atoms with van der Waals surface area (Å²) in [6, 6.07) is 15.1. The fourth-order valence-corrected chi connectivity index (χ4v) is 2.59. The van der Waals surface area contributed by atoms with Crippen LogP contribution in [0.15, 0.2) is 47.8 Å². The molecule has 1 heterocycles. The lowest BCUT2D eigenvalue weighted by atomic mass is 10.0. The second-order valence-corrected chi connectivity index (χ2v) is 5.10. The molecule has 1 atom stereocenters. The quantitative estimate of drug-likeness (QED) is 0.840. The summed E-state index contributed by atoms with van der Waals surface area (Å²) in [6.07, 6.45) is 3.14. The van der Waals surface area contributed by atoms with Crippen molar-refractivity contribution >= 4 is 11.3 Å². The van der Waals surface area contributed by atoms with E-state index < -0.39 is 0 Å². The predicted octanol–water partition coefficient (Wildman–Crippen LogP) is 3.25. The van der Waals surface area contributed by atoms with Crippen LogP contribution in [0, 0.1) is 0 Å². The van der Waals surface area contributed by atoms with Crippen LogP contribution in [0.25, 0.3) is 0 Å². The largest absolute Gasteiger partial charge is 0.327 e. The van der Waals surface area contributed by atoms with Gasteiger partial charge in [-0.15, -0.1) is 11.3 Å². The lowest BCUT2D eigenvalue weighted by Gasteiger charge is -2.10. The second kappa shape index (κ2) is 5.83. The molecule has 0 bridgehead atoms. The number of thiophene rings is 1. The summed E-state index contributed by atoms with van der Waals surface area (Å²) in [6.45, 7) is 0. The lowest BCUT2D eigenvalue weighted by Crippen LogP contribution is -2.22. The van der Waals surface area contributed by atoms with Gasteiger partial charge in [0.05, 0.1) is 0 Å². The Kier molecular flexibility index (Phi) is 4.14. The average Bonchev–Trinajstić information content (AvgIpc) is 2.81. The third kappa shape index (κ3) is 3.47. The molecule has 1 nitrogen and oxygen atoms in total. The van der Waals surface area contributed by atoms with E-state index in [0.717, 1.165) is 19.3 Å². The van der Waals surface area contributed by atoms with Crippen LogP contribution in [-0.4, -0.2) is 6.04 Å². The van der Waals surface area contributed by atoms with E-state index in [4.69, 9.17) is 5.73 Å². The molecule has 1 aromatic heterocycles. The van der Waals surface area contributed by atoms with Gasteiger partial charge >= 0.3 is 0 Å². The smallest absolute Gasteiger partial charge is 0.00903 e. The number of aryl methyl sites for hydroxylation is 1. The molecule has 84 valence electrons. The van der Waals surface area contributed by atoms with Crippen molar-refractivity contribution in [3.63, 3.8) is 0 Å². The standard InChI is InChI=1S/C14H17NS/c15-13(11-14-7-4-10-16-14)9-8-12-5-2-1-3-6-12/h1-7,10,13H,8-9,11,15H2. The van der Waals surface area contributed by atoms with E-state index in [2.05, 4.69) is 47.8 Å². The zero-order valence-electron chi connectivity index (χ0n) is 9.30. The average molecular weight is 231 g/mol. The van der Waals surface area contributed by atoms with Gasteiger partial charge in [-0.25, -0.2) is 0 Å². The molecule has 0 aliphatic rings. The third-order valence-electron chi connectivity index (χ3n) is 2.69. The van der Waals surface area contributed by atoms with Crippen LogP contribution in [0.3, 0.4) is 0 Å². The summed E-state index contributed by atoms with van der Waals surface area (Å²) in [7, 11) is 0. The van der Waals surface area contributed by atoms with E-state index in [1.54, 1.807) is 11.3 Å². The Bertz CT molecular complexity index is 394. The van der Waals surface area contributed by atoms with Gasteiger partial charge in [-0.1, -0.05) is 36.4 Å². The highest BCUT2D eigenvalue weighted by Crippen LogP contribution is 2.13. The van der Waals surface area contributed by atoms with Gasteiger partial charge in [-0.3, -0.25) is 0 Å². The molecule has 0 aliphatic carbocycles. The second-order valence-electron chi connectivity index (χ2n) is 4.07. The molecule has 0 amide bonds. The first-order valence-corrected chi connectivity index (χ1v) is 6.54. The summed E-state index contributed by atoms with van der Waals surface area (Å²) in [4.78, 5) is 1.39. The maximum atomic E-state index is 6.12. The molecule has 0 fully saturated rings. The Morgan fingerprint density at radius 1 is 1.06 bits per heavy atom. The van der Waals surface area contributed by atoms with Gasteiger partial charge in [0.25, 0.3) is 0 Å². The molecule has 16 heavy (non-hydrogen) atoms. The highest BCUT2D eigenvalue weighted by atomic mass is 32.1. The van der Waals surface area contributed by atoms with Gasteiger partial charge in [0.15, 0.2) is 0 Å². The number of rotatable bonds is 5. The Hall–Kier alpha value is -1.12. The van der Waals surface area contributed by atoms with Crippen LogP contribution in [0.5, 0.6) is 0 Å². The molecule has 2 N–H and O–H groups in total. The van der Waals surface area contributed by atoms with Crippen molar-refractivity contribution in [1.82, 2.24) is 0 Å². The topological polar surface area (TPSA) is 26.0 Å². The number of benzene rings is 1. The van der Waals surface area contributed by atoms with Crippen molar-refractivity contribution < 1.29 is 0 Å². The minimum absolute atomic E-state index is 0.277. The molecule has 2 aromatic rings. The molecule has 1 unspecified atom stereocenters. The highest BCUT2D eigenvalue weighted by Gasteiger charge is 2.05. The molecule has 2 rings (SSSR count). The number of nitrogens with two attached hydrogens (primary N) is 1. The predicted molar refractivity (Wildman–Crippen MR) is 70.8 cm³/mol. The molecule has 0 saturated heterocycles. The van der Waals surface area contributed by atoms with Crippen molar-refractivity contribution in [2.45, 2.75) is 25.3 Å². The molecule has 0 radical (unpaired) electrons. The van der Waals surface area contributed by atoms with E-state index in [1.807, 2.05) is 0 Å². The van der Waals surface area contributed by atoms with E-state index in [-0.39, 0.29) is 6.04 Å². The molecule has 1 aromatic carbocycles. The van der Waals surface area contributed by atoms with Crippen molar-refractivity contribution in [2.75, 3.05) is 0 Å². The van der Waals surface area contributed by atoms with Crippen molar-refractivity contribution in [1.29, 1.82) is 0 Å². The normalized spacial score (nSPS) is 12.6. The van der Waals surface area contributed by atoms with Crippen LogP contribution < -0.4 is 5.73 Å². The maximum absolute atomic E-state index is 6.12. The molecule has 0 saturated carbocycles. The molecule has 0 aliphatic heterocycles. The van der Waals surface area contributed by atoms with Gasteiger partial charge in [-0.2, -0.15) is 0 Å². The van der Waals surface area contributed by atoms with E-state index >= 15 is 0 Å². The van der Waals surface area contributed by atoms with Gasteiger partial charge in [0.2, 0.25) is 0 Å².